The highest BCUT2D eigenvalue weighted by molar-refractivity contribution is 5.57. The lowest BCUT2D eigenvalue weighted by atomic mass is 10.1. The van der Waals surface area contributed by atoms with Crippen molar-refractivity contribution in [3.8, 4) is 11.3 Å². The molecule has 74 valence electrons. The minimum Gasteiger partial charge on any atom is -0.472 e. The number of hydrogen-bond acceptors (Lipinski definition) is 3. The molecule has 2 aromatic rings. The second kappa shape index (κ2) is 3.67. The van der Waals surface area contributed by atoms with Crippen LogP contribution in [0, 0.1) is 0 Å². The molecule has 4 heteroatoms. The first-order chi connectivity index (χ1) is 6.75. The minimum absolute atomic E-state index is 0.146. The third-order valence-electron chi connectivity index (χ3n) is 1.99. The first-order valence-electron chi connectivity index (χ1n) is 4.58. The van der Waals surface area contributed by atoms with Gasteiger partial charge in [-0.25, -0.2) is 0 Å². The Labute approximate surface area is 82.1 Å². The number of nitrogens with zero attached hydrogens (tertiary/aromatic N) is 1. The van der Waals surface area contributed by atoms with E-state index in [4.69, 9.17) is 10.2 Å². The molecule has 1 atom stereocenters. The van der Waals surface area contributed by atoms with E-state index >= 15 is 0 Å². The molecule has 0 radical (unpaired) electrons. The van der Waals surface area contributed by atoms with Crippen molar-refractivity contribution in [2.45, 2.75) is 19.4 Å². The molecule has 0 saturated heterocycles. The molecular weight excluding hydrogens is 178 g/mol. The second-order valence-electron chi connectivity index (χ2n) is 3.47. The van der Waals surface area contributed by atoms with Gasteiger partial charge in [0.15, 0.2) is 0 Å². The van der Waals surface area contributed by atoms with Crippen LogP contribution in [-0.2, 0) is 6.42 Å². The average Bonchev–Trinajstić information content (AvgIpc) is 2.69. The molecule has 0 aromatic carbocycles. The Bertz CT molecular complexity index is 389. The third-order valence-corrected chi connectivity index (χ3v) is 1.99. The predicted molar refractivity (Wildman–Crippen MR) is 53.6 cm³/mol. The maximum absolute atomic E-state index is 5.69. The molecule has 3 N–H and O–H groups in total. The summed E-state index contributed by atoms with van der Waals surface area (Å²) in [7, 11) is 0. The molecule has 14 heavy (non-hydrogen) atoms. The Morgan fingerprint density at radius 1 is 1.64 bits per heavy atom. The molecule has 0 spiro atoms. The van der Waals surface area contributed by atoms with E-state index in [2.05, 4.69) is 10.2 Å². The van der Waals surface area contributed by atoms with Crippen LogP contribution in [0.1, 0.15) is 12.6 Å². The standard InChI is InChI=1S/C10H13N3O/c1-7(11)4-9-5-10(13-12-9)8-2-3-14-6-8/h2-3,5-7H,4,11H2,1H3,(H,12,13). The van der Waals surface area contributed by atoms with Crippen molar-refractivity contribution >= 4 is 0 Å². The molecule has 0 amide bonds. The quantitative estimate of drug-likeness (QED) is 0.773. The molecule has 0 bridgehead atoms. The van der Waals surface area contributed by atoms with Crippen LogP contribution in [0.4, 0.5) is 0 Å². The lowest BCUT2D eigenvalue weighted by Gasteiger charge is -1.99. The minimum atomic E-state index is 0.146. The summed E-state index contributed by atoms with van der Waals surface area (Å²) in [6.45, 7) is 1.97. The molecule has 2 rings (SSSR count). The number of nitrogens with one attached hydrogen (secondary N) is 1. The Kier molecular flexibility index (Phi) is 2.37. The summed E-state index contributed by atoms with van der Waals surface area (Å²) in [5.74, 6) is 0. The van der Waals surface area contributed by atoms with Crippen molar-refractivity contribution in [1.82, 2.24) is 10.2 Å². The van der Waals surface area contributed by atoms with Crippen LogP contribution in [0.3, 0.4) is 0 Å². The van der Waals surface area contributed by atoms with Gasteiger partial charge in [0, 0.05) is 23.7 Å². The van der Waals surface area contributed by atoms with Crippen molar-refractivity contribution in [2.75, 3.05) is 0 Å². The maximum Gasteiger partial charge on any atom is 0.0997 e. The summed E-state index contributed by atoms with van der Waals surface area (Å²) < 4.78 is 4.98. The lowest BCUT2D eigenvalue weighted by molar-refractivity contribution is 0.568. The van der Waals surface area contributed by atoms with Gasteiger partial charge in [-0.3, -0.25) is 5.10 Å². The zero-order valence-corrected chi connectivity index (χ0v) is 8.03. The van der Waals surface area contributed by atoms with Crippen molar-refractivity contribution in [3.63, 3.8) is 0 Å². The monoisotopic (exact) mass is 191 g/mol. The van der Waals surface area contributed by atoms with Gasteiger partial charge in [0.2, 0.25) is 0 Å². The van der Waals surface area contributed by atoms with Crippen LogP contribution in [0.25, 0.3) is 11.3 Å². The highest BCUT2D eigenvalue weighted by atomic mass is 16.3. The number of H-pyrrole nitrogens is 1. The van der Waals surface area contributed by atoms with E-state index in [-0.39, 0.29) is 6.04 Å². The lowest BCUT2D eigenvalue weighted by Crippen LogP contribution is -2.17. The van der Waals surface area contributed by atoms with Crippen LogP contribution < -0.4 is 5.73 Å². The summed E-state index contributed by atoms with van der Waals surface area (Å²) in [4.78, 5) is 0. The maximum atomic E-state index is 5.69. The SMILES string of the molecule is CC(N)Cc1cc(-c2ccoc2)n[nH]1. The van der Waals surface area contributed by atoms with Gasteiger partial charge in [-0.05, 0) is 19.1 Å². The normalized spacial score (nSPS) is 13.0. The third kappa shape index (κ3) is 1.85. The second-order valence-corrected chi connectivity index (χ2v) is 3.47. The van der Waals surface area contributed by atoms with Crippen molar-refractivity contribution in [3.05, 3.63) is 30.4 Å². The topological polar surface area (TPSA) is 67.8 Å². The smallest absolute Gasteiger partial charge is 0.0997 e. The highest BCUT2D eigenvalue weighted by Crippen LogP contribution is 2.17. The van der Waals surface area contributed by atoms with Crippen LogP contribution in [-0.4, -0.2) is 16.2 Å². The summed E-state index contributed by atoms with van der Waals surface area (Å²) in [6.07, 6.45) is 4.12. The molecule has 0 aliphatic heterocycles. The van der Waals surface area contributed by atoms with Crippen LogP contribution >= 0.6 is 0 Å². The molecule has 0 aliphatic rings. The highest BCUT2D eigenvalue weighted by Gasteiger charge is 2.05. The van der Waals surface area contributed by atoms with Gasteiger partial charge >= 0.3 is 0 Å². The number of nitrogens with two attached hydrogens (primary N) is 1. The Balaban J connectivity index is 2.18. The summed E-state index contributed by atoms with van der Waals surface area (Å²) in [5, 5.41) is 7.12. The summed E-state index contributed by atoms with van der Waals surface area (Å²) in [6, 6.07) is 4.02. The van der Waals surface area contributed by atoms with E-state index < -0.39 is 0 Å². The van der Waals surface area contributed by atoms with Gasteiger partial charge in [0.05, 0.1) is 18.2 Å². The molecule has 1 unspecified atom stereocenters. The molecule has 0 fully saturated rings. The number of aromatic amines is 1. The zero-order chi connectivity index (χ0) is 9.97. The van der Waals surface area contributed by atoms with E-state index in [1.807, 2.05) is 19.1 Å². The van der Waals surface area contributed by atoms with Crippen molar-refractivity contribution in [2.24, 2.45) is 5.73 Å². The fraction of sp³-hybridized carbons (Fsp3) is 0.300. The van der Waals surface area contributed by atoms with E-state index in [0.29, 0.717) is 0 Å². The van der Waals surface area contributed by atoms with Gasteiger partial charge in [0.1, 0.15) is 0 Å². The van der Waals surface area contributed by atoms with E-state index in [1.165, 1.54) is 0 Å². The van der Waals surface area contributed by atoms with Gasteiger partial charge < -0.3 is 10.2 Å². The Morgan fingerprint density at radius 2 is 2.50 bits per heavy atom. The number of aromatic nitrogens is 2. The fourth-order valence-corrected chi connectivity index (χ4v) is 1.37. The van der Waals surface area contributed by atoms with E-state index in [0.717, 1.165) is 23.4 Å². The van der Waals surface area contributed by atoms with Gasteiger partial charge in [-0.2, -0.15) is 5.10 Å². The largest absolute Gasteiger partial charge is 0.472 e. The fourth-order valence-electron chi connectivity index (χ4n) is 1.37. The number of furan rings is 1. The summed E-state index contributed by atoms with van der Waals surface area (Å²) in [5.41, 5.74) is 8.62. The van der Waals surface area contributed by atoms with Gasteiger partial charge in [-0.15, -0.1) is 0 Å². The van der Waals surface area contributed by atoms with Gasteiger partial charge in [0.25, 0.3) is 0 Å². The first kappa shape index (κ1) is 9.02. The van der Waals surface area contributed by atoms with Crippen LogP contribution in [0.2, 0.25) is 0 Å². The van der Waals surface area contributed by atoms with E-state index in [1.54, 1.807) is 12.5 Å². The van der Waals surface area contributed by atoms with Crippen molar-refractivity contribution in [1.29, 1.82) is 0 Å². The Morgan fingerprint density at radius 3 is 3.14 bits per heavy atom. The zero-order valence-electron chi connectivity index (χ0n) is 8.03. The number of hydrogen-bond donors (Lipinski definition) is 2. The molecular formula is C10H13N3O. The molecule has 4 nitrogen and oxygen atoms in total. The summed E-state index contributed by atoms with van der Waals surface area (Å²) >= 11 is 0. The van der Waals surface area contributed by atoms with Crippen LogP contribution in [0.15, 0.2) is 29.1 Å². The van der Waals surface area contributed by atoms with Crippen molar-refractivity contribution < 1.29 is 4.42 Å². The van der Waals surface area contributed by atoms with Crippen LogP contribution in [0.5, 0.6) is 0 Å². The molecule has 0 saturated carbocycles. The number of rotatable bonds is 3. The van der Waals surface area contributed by atoms with E-state index in [9.17, 15) is 0 Å². The van der Waals surface area contributed by atoms with Gasteiger partial charge in [-0.1, -0.05) is 0 Å². The average molecular weight is 191 g/mol. The predicted octanol–water partition coefficient (Wildman–Crippen LogP) is 1.56. The molecule has 2 aromatic heterocycles. The Hall–Kier alpha value is -1.55. The first-order valence-corrected chi connectivity index (χ1v) is 4.58. The molecule has 2 heterocycles. The molecule has 0 aliphatic carbocycles.